The lowest BCUT2D eigenvalue weighted by Gasteiger charge is -2.29. The average molecular weight is 571 g/mol. The lowest BCUT2D eigenvalue weighted by Crippen LogP contribution is -2.43. The van der Waals surface area contributed by atoms with Gasteiger partial charge in [-0.2, -0.15) is 5.10 Å². The Hall–Kier alpha value is -4.36. The molecule has 0 bridgehead atoms. The van der Waals surface area contributed by atoms with E-state index in [1.165, 1.54) is 5.06 Å². The van der Waals surface area contributed by atoms with Gasteiger partial charge in [0.15, 0.2) is 5.75 Å². The average Bonchev–Trinajstić information content (AvgIpc) is 3.30. The number of carbonyl (C=O) groups excluding carboxylic acids is 1. The molecule has 0 atom stereocenters. The summed E-state index contributed by atoms with van der Waals surface area (Å²) in [6.07, 6.45) is 4.90. The fraction of sp³-hybridized carbons (Fsp3) is 0.355. The first-order chi connectivity index (χ1) is 19.1. The van der Waals surface area contributed by atoms with E-state index in [1.54, 1.807) is 23.1 Å². The van der Waals surface area contributed by atoms with Crippen LogP contribution in [0.3, 0.4) is 0 Å². The van der Waals surface area contributed by atoms with Gasteiger partial charge >= 0.3 is 6.09 Å². The number of carbonyl (C=O) groups is 1. The third-order valence-corrected chi connectivity index (χ3v) is 6.48. The summed E-state index contributed by atoms with van der Waals surface area (Å²) in [5.74, 6) is 4.16. The molecular formula is C31H38N6O3Si. The zero-order chi connectivity index (χ0) is 29.9. The number of ether oxygens (including phenoxy) is 1. The van der Waals surface area contributed by atoms with Crippen LogP contribution in [-0.4, -0.2) is 50.6 Å². The van der Waals surface area contributed by atoms with Gasteiger partial charge in [-0.1, -0.05) is 25.6 Å². The molecule has 1 amide bonds. The second kappa shape index (κ2) is 11.6. The first kappa shape index (κ1) is 29.6. The molecular weight excluding hydrogens is 532 g/mol. The molecule has 10 heteroatoms. The fourth-order valence-electron chi connectivity index (χ4n) is 3.79. The van der Waals surface area contributed by atoms with E-state index < -0.39 is 19.8 Å². The van der Waals surface area contributed by atoms with E-state index in [0.29, 0.717) is 17.4 Å². The van der Waals surface area contributed by atoms with E-state index in [4.69, 9.17) is 14.6 Å². The first-order valence-electron chi connectivity index (χ1n) is 13.6. The number of hydroxylamine groups is 2. The van der Waals surface area contributed by atoms with Gasteiger partial charge in [-0.3, -0.25) is 4.68 Å². The van der Waals surface area contributed by atoms with Gasteiger partial charge in [-0.25, -0.2) is 14.8 Å². The monoisotopic (exact) mass is 570 g/mol. The van der Waals surface area contributed by atoms with Crippen molar-refractivity contribution in [3.8, 4) is 28.3 Å². The van der Waals surface area contributed by atoms with Crippen molar-refractivity contribution < 1.29 is 14.4 Å². The van der Waals surface area contributed by atoms with Crippen LogP contribution in [0.4, 0.5) is 16.4 Å². The van der Waals surface area contributed by atoms with Crippen LogP contribution >= 0.6 is 0 Å². The molecule has 2 aromatic heterocycles. The van der Waals surface area contributed by atoms with E-state index in [0.717, 1.165) is 27.6 Å². The number of nitrogens with zero attached hydrogens (tertiary/aromatic N) is 5. The smallest absolute Gasteiger partial charge is 0.442 e. The van der Waals surface area contributed by atoms with Crippen molar-refractivity contribution in [2.75, 3.05) is 5.32 Å². The maximum Gasteiger partial charge on any atom is 0.443 e. The van der Waals surface area contributed by atoms with Crippen LogP contribution in [0.5, 0.6) is 5.75 Å². The predicted molar refractivity (Wildman–Crippen MR) is 166 cm³/mol. The number of anilines is 2. The number of nitrogens with one attached hydrogen (secondary N) is 1. The Morgan fingerprint density at radius 3 is 2.46 bits per heavy atom. The summed E-state index contributed by atoms with van der Waals surface area (Å²) in [5.41, 5.74) is 6.91. The molecule has 0 aliphatic carbocycles. The van der Waals surface area contributed by atoms with Crippen LogP contribution in [0.1, 0.15) is 40.2 Å². The minimum atomic E-state index is -1.47. The Labute approximate surface area is 242 Å². The van der Waals surface area contributed by atoms with Gasteiger partial charge in [0.25, 0.3) is 0 Å². The largest absolute Gasteiger partial charge is 0.443 e. The SMILES string of the molecule is CC(C)N(Oc1cc(Nc2ncc3cc(C#C[Si](C)(C)C)ccc3n2)cc(-c2cnn(C)c2)c1)C(=O)OC(C)(C)C. The molecule has 0 saturated heterocycles. The van der Waals surface area contributed by atoms with Gasteiger partial charge in [0, 0.05) is 47.7 Å². The molecule has 0 aliphatic rings. The van der Waals surface area contributed by atoms with Crippen molar-refractivity contribution in [3.63, 3.8) is 0 Å². The number of aromatic nitrogens is 4. The number of aryl methyl sites for hydroxylation is 1. The number of rotatable bonds is 6. The van der Waals surface area contributed by atoms with Gasteiger partial charge in [-0.05, 0) is 70.5 Å². The molecule has 41 heavy (non-hydrogen) atoms. The number of amides is 1. The van der Waals surface area contributed by atoms with Crippen molar-refractivity contribution in [1.29, 1.82) is 0 Å². The standard InChI is InChI=1S/C31H38N6O3Si/c1-21(2)37(30(38)39-31(3,4)5)40-27-16-23(25-19-33-36(6)20-25)15-26(17-27)34-29-32-18-24-14-22(10-11-28(24)35-29)12-13-41(7,8)9/h10-11,14-21H,1-9H3,(H,32,34,35). The molecule has 0 aliphatic heterocycles. The molecule has 1 N–H and O–H groups in total. The van der Waals surface area contributed by atoms with Crippen LogP contribution < -0.4 is 10.2 Å². The Bertz CT molecular complexity index is 1620. The summed E-state index contributed by atoms with van der Waals surface area (Å²) in [6.45, 7) is 15.8. The minimum absolute atomic E-state index is 0.271. The van der Waals surface area contributed by atoms with Crippen LogP contribution in [0.2, 0.25) is 19.6 Å². The molecule has 2 heterocycles. The second-order valence-electron chi connectivity index (χ2n) is 12.2. The molecule has 4 aromatic rings. The zero-order valence-corrected chi connectivity index (χ0v) is 26.2. The van der Waals surface area contributed by atoms with E-state index in [1.807, 2.05) is 78.2 Å². The van der Waals surface area contributed by atoms with Gasteiger partial charge in [0.1, 0.15) is 13.7 Å². The van der Waals surface area contributed by atoms with Gasteiger partial charge in [-0.15, -0.1) is 10.6 Å². The fourth-order valence-corrected chi connectivity index (χ4v) is 4.31. The maximum atomic E-state index is 12.9. The highest BCUT2D eigenvalue weighted by Crippen LogP contribution is 2.31. The lowest BCUT2D eigenvalue weighted by molar-refractivity contribution is -0.0896. The van der Waals surface area contributed by atoms with E-state index >= 15 is 0 Å². The van der Waals surface area contributed by atoms with Crippen LogP contribution in [0, 0.1) is 11.5 Å². The summed E-state index contributed by atoms with van der Waals surface area (Å²) >= 11 is 0. The summed E-state index contributed by atoms with van der Waals surface area (Å²) in [5, 5.41) is 9.74. The topological polar surface area (TPSA) is 94.4 Å². The maximum absolute atomic E-state index is 12.9. The van der Waals surface area contributed by atoms with Crippen molar-refractivity contribution in [3.05, 3.63) is 60.6 Å². The van der Waals surface area contributed by atoms with Gasteiger partial charge in [0.2, 0.25) is 5.95 Å². The highest BCUT2D eigenvalue weighted by Gasteiger charge is 2.26. The minimum Gasteiger partial charge on any atom is -0.442 e. The normalized spacial score (nSPS) is 11.7. The van der Waals surface area contributed by atoms with Crippen molar-refractivity contribution in [1.82, 2.24) is 24.8 Å². The Kier molecular flexibility index (Phi) is 8.40. The van der Waals surface area contributed by atoms with E-state index in [9.17, 15) is 4.79 Å². The number of fused-ring (bicyclic) bond motifs is 1. The molecule has 4 rings (SSSR count). The summed E-state index contributed by atoms with van der Waals surface area (Å²) in [6, 6.07) is 11.3. The Balaban J connectivity index is 1.66. The molecule has 9 nitrogen and oxygen atoms in total. The molecule has 0 unspecified atom stereocenters. The highest BCUT2D eigenvalue weighted by atomic mass is 28.3. The van der Waals surface area contributed by atoms with Crippen molar-refractivity contribution in [2.45, 2.75) is 65.9 Å². The lowest BCUT2D eigenvalue weighted by atomic mass is 10.1. The second-order valence-corrected chi connectivity index (χ2v) is 17.0. The van der Waals surface area contributed by atoms with Crippen LogP contribution in [-0.2, 0) is 11.8 Å². The predicted octanol–water partition coefficient (Wildman–Crippen LogP) is 6.94. The highest BCUT2D eigenvalue weighted by molar-refractivity contribution is 6.83. The first-order valence-corrected chi connectivity index (χ1v) is 17.1. The summed E-state index contributed by atoms with van der Waals surface area (Å²) in [7, 11) is 0.385. The Morgan fingerprint density at radius 1 is 1.07 bits per heavy atom. The third kappa shape index (κ3) is 8.31. The van der Waals surface area contributed by atoms with Crippen molar-refractivity contribution >= 4 is 36.7 Å². The quantitative estimate of drug-likeness (QED) is 0.152. The van der Waals surface area contributed by atoms with Gasteiger partial charge < -0.3 is 14.9 Å². The number of benzene rings is 2. The molecule has 0 saturated carbocycles. The zero-order valence-electron chi connectivity index (χ0n) is 25.2. The van der Waals surface area contributed by atoms with Crippen LogP contribution in [0.25, 0.3) is 22.0 Å². The Morgan fingerprint density at radius 2 is 1.83 bits per heavy atom. The van der Waals surface area contributed by atoms with Gasteiger partial charge in [0.05, 0.1) is 17.8 Å². The molecule has 0 spiro atoms. The van der Waals surface area contributed by atoms with E-state index in [-0.39, 0.29) is 6.04 Å². The van der Waals surface area contributed by atoms with E-state index in [2.05, 4.69) is 46.5 Å². The molecule has 2 aromatic carbocycles. The summed E-state index contributed by atoms with van der Waals surface area (Å²) in [4.78, 5) is 28.3. The number of hydrogen-bond donors (Lipinski definition) is 1. The number of hydrogen-bond acceptors (Lipinski definition) is 7. The third-order valence-electron chi connectivity index (χ3n) is 5.61. The molecule has 214 valence electrons. The van der Waals surface area contributed by atoms with Crippen molar-refractivity contribution in [2.24, 2.45) is 7.05 Å². The molecule has 0 fully saturated rings. The summed E-state index contributed by atoms with van der Waals surface area (Å²) < 4.78 is 7.29. The van der Waals surface area contributed by atoms with Crippen LogP contribution in [0.15, 0.2) is 55.0 Å². The molecule has 0 radical (unpaired) electrons.